The number of piperazine rings is 1. The van der Waals surface area contributed by atoms with E-state index in [0.29, 0.717) is 49.7 Å². The minimum Gasteiger partial charge on any atom is -0.328 e. The zero-order valence-corrected chi connectivity index (χ0v) is 20.9. The lowest BCUT2D eigenvalue weighted by molar-refractivity contribution is -0.0971. The Morgan fingerprint density at radius 1 is 1.03 bits per heavy atom. The second-order valence-corrected chi connectivity index (χ2v) is 11.5. The molecule has 1 aromatic rings. The summed E-state index contributed by atoms with van der Waals surface area (Å²) >= 11 is 0. The Labute approximate surface area is 207 Å². The van der Waals surface area contributed by atoms with Crippen molar-refractivity contribution >= 4 is 6.03 Å². The maximum Gasteiger partial charge on any atom is 0.317 e. The lowest BCUT2D eigenvalue weighted by Crippen LogP contribution is -2.65. The maximum atomic E-state index is 15.1. The SMILES string of the molecule is CC(C)N1CCN([C@H]2CCCC(F)(F)[C@@H]2NC(=O)N2C[C@H]3C[C@@H](c4ccc(F)cc4)C[C@H]3C2)CC1. The molecule has 0 spiro atoms. The van der Waals surface area contributed by atoms with Gasteiger partial charge in [-0.1, -0.05) is 12.1 Å². The van der Waals surface area contributed by atoms with Crippen LogP contribution in [0.5, 0.6) is 0 Å². The van der Waals surface area contributed by atoms with Crippen LogP contribution in [-0.2, 0) is 0 Å². The van der Waals surface area contributed by atoms with Crippen LogP contribution >= 0.6 is 0 Å². The van der Waals surface area contributed by atoms with Crippen LogP contribution in [0.3, 0.4) is 0 Å². The molecule has 5 rings (SSSR count). The normalized spacial score (nSPS) is 33.8. The lowest BCUT2D eigenvalue weighted by Gasteiger charge is -2.47. The van der Waals surface area contributed by atoms with Gasteiger partial charge in [-0.05, 0) is 75.0 Å². The van der Waals surface area contributed by atoms with Crippen LogP contribution in [0, 0.1) is 17.7 Å². The molecule has 35 heavy (non-hydrogen) atoms. The summed E-state index contributed by atoms with van der Waals surface area (Å²) in [5, 5.41) is 2.81. The van der Waals surface area contributed by atoms with E-state index in [-0.39, 0.29) is 24.3 Å². The molecule has 2 aliphatic heterocycles. The summed E-state index contributed by atoms with van der Waals surface area (Å²) in [7, 11) is 0. The smallest absolute Gasteiger partial charge is 0.317 e. The highest BCUT2D eigenvalue weighted by Gasteiger charge is 2.51. The van der Waals surface area contributed by atoms with Gasteiger partial charge in [0.25, 0.3) is 5.92 Å². The number of alkyl halides is 2. The van der Waals surface area contributed by atoms with Crippen molar-refractivity contribution < 1.29 is 18.0 Å². The molecule has 0 aromatic heterocycles. The predicted octanol–water partition coefficient (Wildman–Crippen LogP) is 4.54. The number of urea groups is 1. The fraction of sp³-hybridized carbons (Fsp3) is 0.741. The number of hydrogen-bond donors (Lipinski definition) is 1. The number of hydrogen-bond acceptors (Lipinski definition) is 3. The Morgan fingerprint density at radius 3 is 2.26 bits per heavy atom. The van der Waals surface area contributed by atoms with Gasteiger partial charge in [0.2, 0.25) is 0 Å². The van der Waals surface area contributed by atoms with Crippen LogP contribution in [-0.4, -0.2) is 84.0 Å². The largest absolute Gasteiger partial charge is 0.328 e. The molecule has 0 radical (unpaired) electrons. The fourth-order valence-electron chi connectivity index (χ4n) is 7.03. The zero-order chi connectivity index (χ0) is 24.7. The first kappa shape index (κ1) is 24.9. The molecule has 1 N–H and O–H groups in total. The third kappa shape index (κ3) is 5.19. The lowest BCUT2D eigenvalue weighted by atomic mass is 9.85. The Bertz CT molecular complexity index is 873. The summed E-state index contributed by atoms with van der Waals surface area (Å²) in [6, 6.07) is 5.39. The van der Waals surface area contributed by atoms with E-state index >= 15 is 8.78 Å². The van der Waals surface area contributed by atoms with E-state index < -0.39 is 12.0 Å². The van der Waals surface area contributed by atoms with Gasteiger partial charge in [0.15, 0.2) is 0 Å². The number of halogens is 3. The third-order valence-corrected chi connectivity index (χ3v) is 9.06. The van der Waals surface area contributed by atoms with Crippen LogP contribution in [0.15, 0.2) is 24.3 Å². The quantitative estimate of drug-likeness (QED) is 0.671. The fourth-order valence-corrected chi connectivity index (χ4v) is 7.03. The summed E-state index contributed by atoms with van der Waals surface area (Å²) in [6.45, 7) is 8.86. The number of fused-ring (bicyclic) bond motifs is 1. The topological polar surface area (TPSA) is 38.8 Å². The molecule has 0 bridgehead atoms. The van der Waals surface area contributed by atoms with Crippen molar-refractivity contribution in [3.05, 3.63) is 35.6 Å². The predicted molar refractivity (Wildman–Crippen MR) is 130 cm³/mol. The van der Waals surface area contributed by atoms with Crippen molar-refractivity contribution in [1.82, 2.24) is 20.0 Å². The standard InChI is InChI=1S/C27H39F3N4O/c1-18(2)32-10-12-33(13-11-32)24-4-3-9-27(29,30)25(24)31-26(35)34-16-21-14-20(15-22(21)17-34)19-5-7-23(28)8-6-19/h5-8,18,20-22,24-25H,3-4,9-17H2,1-2H3,(H,31,35)/t20-,21-,22+,24-,25+/m0/s1. The number of amides is 2. The van der Waals surface area contributed by atoms with E-state index in [1.54, 1.807) is 4.90 Å². The third-order valence-electron chi connectivity index (χ3n) is 9.06. The average molecular weight is 493 g/mol. The molecular formula is C27H39F3N4O. The van der Waals surface area contributed by atoms with Gasteiger partial charge in [0, 0.05) is 57.8 Å². The first-order chi connectivity index (χ1) is 16.7. The van der Waals surface area contributed by atoms with Gasteiger partial charge in [0.05, 0.1) is 0 Å². The van der Waals surface area contributed by atoms with Gasteiger partial charge in [-0.2, -0.15) is 0 Å². The highest BCUT2D eigenvalue weighted by atomic mass is 19.3. The molecule has 194 valence electrons. The monoisotopic (exact) mass is 492 g/mol. The van der Waals surface area contributed by atoms with Crippen LogP contribution in [0.1, 0.15) is 57.4 Å². The minimum atomic E-state index is -2.89. The summed E-state index contributed by atoms with van der Waals surface area (Å²) in [4.78, 5) is 19.5. The second-order valence-electron chi connectivity index (χ2n) is 11.5. The van der Waals surface area contributed by atoms with Crippen LogP contribution in [0.4, 0.5) is 18.0 Å². The maximum absolute atomic E-state index is 15.1. The molecule has 2 saturated heterocycles. The zero-order valence-electron chi connectivity index (χ0n) is 20.9. The number of rotatable bonds is 4. The molecule has 0 unspecified atom stereocenters. The summed E-state index contributed by atoms with van der Waals surface area (Å²) in [5.74, 6) is -1.98. The Hall–Kier alpha value is -1.80. The Balaban J connectivity index is 1.19. The number of likely N-dealkylation sites (tertiary alicyclic amines) is 1. The van der Waals surface area contributed by atoms with Crippen LogP contribution in [0.25, 0.3) is 0 Å². The Morgan fingerprint density at radius 2 is 1.66 bits per heavy atom. The number of benzene rings is 1. The van der Waals surface area contributed by atoms with E-state index in [2.05, 4.69) is 29.0 Å². The summed E-state index contributed by atoms with van der Waals surface area (Å²) in [6.07, 6.45) is 2.95. The average Bonchev–Trinajstić information content (AvgIpc) is 3.40. The number of carbonyl (C=O) groups is 1. The van der Waals surface area contributed by atoms with Gasteiger partial charge in [-0.25, -0.2) is 18.0 Å². The summed E-state index contributed by atoms with van der Waals surface area (Å²) < 4.78 is 43.5. The summed E-state index contributed by atoms with van der Waals surface area (Å²) in [5.41, 5.74) is 1.15. The van der Waals surface area contributed by atoms with Crippen molar-refractivity contribution in [2.75, 3.05) is 39.3 Å². The molecule has 2 saturated carbocycles. The van der Waals surface area contributed by atoms with Crippen molar-refractivity contribution in [2.45, 2.75) is 75.9 Å². The van der Waals surface area contributed by atoms with Crippen molar-refractivity contribution in [3.8, 4) is 0 Å². The van der Waals surface area contributed by atoms with E-state index in [9.17, 15) is 9.18 Å². The molecule has 5 atom stereocenters. The van der Waals surface area contributed by atoms with Crippen molar-refractivity contribution in [1.29, 1.82) is 0 Å². The van der Waals surface area contributed by atoms with Gasteiger partial charge >= 0.3 is 6.03 Å². The molecule has 5 nitrogen and oxygen atoms in total. The van der Waals surface area contributed by atoms with Gasteiger partial charge < -0.3 is 10.2 Å². The first-order valence-corrected chi connectivity index (χ1v) is 13.4. The molecule has 2 heterocycles. The highest BCUT2D eigenvalue weighted by Crippen LogP contribution is 2.46. The highest BCUT2D eigenvalue weighted by molar-refractivity contribution is 5.75. The van der Waals surface area contributed by atoms with E-state index in [1.165, 1.54) is 12.1 Å². The number of nitrogens with one attached hydrogen (secondary N) is 1. The molecule has 4 fully saturated rings. The number of carbonyl (C=O) groups excluding carboxylic acids is 1. The molecule has 2 amide bonds. The van der Waals surface area contributed by atoms with E-state index in [0.717, 1.165) is 44.6 Å². The van der Waals surface area contributed by atoms with Crippen molar-refractivity contribution in [2.24, 2.45) is 11.8 Å². The minimum absolute atomic E-state index is 0.162. The molecule has 8 heteroatoms. The first-order valence-electron chi connectivity index (χ1n) is 13.4. The van der Waals surface area contributed by atoms with Gasteiger partial charge in [0.1, 0.15) is 11.9 Å². The van der Waals surface area contributed by atoms with Crippen molar-refractivity contribution in [3.63, 3.8) is 0 Å². The number of nitrogens with zero attached hydrogens (tertiary/aromatic N) is 3. The van der Waals surface area contributed by atoms with Gasteiger partial charge in [-0.15, -0.1) is 0 Å². The molecule has 2 aliphatic carbocycles. The van der Waals surface area contributed by atoms with Gasteiger partial charge in [-0.3, -0.25) is 9.80 Å². The van der Waals surface area contributed by atoms with E-state index in [1.807, 2.05) is 12.1 Å². The molecule has 4 aliphatic rings. The van der Waals surface area contributed by atoms with Crippen LogP contribution in [0.2, 0.25) is 0 Å². The van der Waals surface area contributed by atoms with Crippen LogP contribution < -0.4 is 5.32 Å². The van der Waals surface area contributed by atoms with E-state index in [4.69, 9.17) is 0 Å². The Kier molecular flexibility index (Phi) is 7.05. The molecular weight excluding hydrogens is 453 g/mol. The second kappa shape index (κ2) is 9.92. The molecule has 1 aromatic carbocycles.